The Morgan fingerprint density at radius 3 is 3.12 bits per heavy atom. The highest BCUT2D eigenvalue weighted by Crippen LogP contribution is 2.28. The molecule has 0 radical (unpaired) electrons. The third kappa shape index (κ3) is 4.46. The van der Waals surface area contributed by atoms with Crippen molar-refractivity contribution in [3.8, 4) is 0 Å². The zero-order valence-electron chi connectivity index (χ0n) is 10.3. The quantitative estimate of drug-likeness (QED) is 0.685. The molecular formula is C12H21N3O2. The third-order valence-corrected chi connectivity index (χ3v) is 2.94. The predicted octanol–water partition coefficient (Wildman–Crippen LogP) is 0.297. The van der Waals surface area contributed by atoms with Crippen LogP contribution in [0.5, 0.6) is 0 Å². The average Bonchev–Trinajstić information content (AvgIpc) is 3.03. The summed E-state index contributed by atoms with van der Waals surface area (Å²) in [5, 5.41) is 12.8. The summed E-state index contributed by atoms with van der Waals surface area (Å²) >= 11 is 0. The minimum atomic E-state index is -0.436. The molecule has 96 valence electrons. The van der Waals surface area contributed by atoms with Crippen LogP contribution >= 0.6 is 0 Å². The first-order chi connectivity index (χ1) is 8.25. The van der Waals surface area contributed by atoms with Crippen LogP contribution in [0, 0.1) is 5.92 Å². The molecule has 1 aromatic rings. The topological polar surface area (TPSA) is 59.3 Å². The Morgan fingerprint density at radius 1 is 1.65 bits per heavy atom. The molecule has 1 aliphatic rings. The van der Waals surface area contributed by atoms with Crippen molar-refractivity contribution in [1.82, 2.24) is 14.9 Å². The van der Waals surface area contributed by atoms with Crippen molar-refractivity contribution in [2.75, 3.05) is 19.8 Å². The first-order valence-electron chi connectivity index (χ1n) is 6.18. The summed E-state index contributed by atoms with van der Waals surface area (Å²) in [6.07, 6.45) is 5.81. The first-order valence-corrected chi connectivity index (χ1v) is 6.18. The van der Waals surface area contributed by atoms with E-state index < -0.39 is 6.10 Å². The number of hydrogen-bond donors (Lipinski definition) is 2. The van der Waals surface area contributed by atoms with Crippen LogP contribution in [-0.4, -0.2) is 40.5 Å². The van der Waals surface area contributed by atoms with E-state index in [0.717, 1.165) is 18.3 Å². The van der Waals surface area contributed by atoms with Crippen molar-refractivity contribution >= 4 is 0 Å². The number of aromatic nitrogens is 2. The van der Waals surface area contributed by atoms with Crippen molar-refractivity contribution in [2.45, 2.75) is 25.5 Å². The third-order valence-electron chi connectivity index (χ3n) is 2.94. The van der Waals surface area contributed by atoms with Gasteiger partial charge in [-0.3, -0.25) is 0 Å². The maximum atomic E-state index is 9.67. The second-order valence-electron chi connectivity index (χ2n) is 4.72. The standard InChI is InChI=1S/C12H21N3O2/c1-15-5-4-14-12(15)7-13-6-11(16)9-17-8-10-2-3-10/h4-5,10-11,13,16H,2-3,6-9H2,1H3. The van der Waals surface area contributed by atoms with Crippen molar-refractivity contribution < 1.29 is 9.84 Å². The highest BCUT2D eigenvalue weighted by atomic mass is 16.5. The van der Waals surface area contributed by atoms with Crippen LogP contribution < -0.4 is 5.32 Å². The molecule has 1 unspecified atom stereocenters. The number of imidazole rings is 1. The maximum Gasteiger partial charge on any atom is 0.122 e. The van der Waals surface area contributed by atoms with Gasteiger partial charge in [-0.05, 0) is 18.8 Å². The molecule has 1 aromatic heterocycles. The largest absolute Gasteiger partial charge is 0.389 e. The second kappa shape index (κ2) is 6.14. The molecule has 5 nitrogen and oxygen atoms in total. The molecule has 1 fully saturated rings. The van der Waals surface area contributed by atoms with Crippen LogP contribution in [0.15, 0.2) is 12.4 Å². The number of rotatable bonds is 8. The number of nitrogens with one attached hydrogen (secondary N) is 1. The molecule has 2 rings (SSSR count). The summed E-state index contributed by atoms with van der Waals surface area (Å²) in [5.74, 6) is 1.72. The van der Waals surface area contributed by atoms with Gasteiger partial charge in [0.25, 0.3) is 0 Å². The summed E-state index contributed by atoms with van der Waals surface area (Å²) in [4.78, 5) is 4.19. The monoisotopic (exact) mass is 239 g/mol. The zero-order chi connectivity index (χ0) is 12.1. The van der Waals surface area contributed by atoms with Crippen LogP contribution in [0.3, 0.4) is 0 Å². The molecule has 1 saturated carbocycles. The normalized spacial score (nSPS) is 17.3. The lowest BCUT2D eigenvalue weighted by atomic mass is 10.3. The van der Waals surface area contributed by atoms with E-state index in [2.05, 4.69) is 10.3 Å². The molecule has 1 atom stereocenters. The Hall–Kier alpha value is -0.910. The van der Waals surface area contributed by atoms with Crippen molar-refractivity contribution in [1.29, 1.82) is 0 Å². The number of nitrogens with zero attached hydrogens (tertiary/aromatic N) is 2. The van der Waals surface area contributed by atoms with Gasteiger partial charge in [-0.2, -0.15) is 0 Å². The second-order valence-corrected chi connectivity index (χ2v) is 4.72. The zero-order valence-corrected chi connectivity index (χ0v) is 10.3. The van der Waals surface area contributed by atoms with E-state index in [-0.39, 0.29) is 0 Å². The lowest BCUT2D eigenvalue weighted by Gasteiger charge is -2.12. The van der Waals surface area contributed by atoms with E-state index in [1.807, 2.05) is 17.8 Å². The fourth-order valence-electron chi connectivity index (χ4n) is 1.63. The number of aryl methyl sites for hydroxylation is 1. The summed E-state index contributed by atoms with van der Waals surface area (Å²) in [6.45, 7) is 2.43. The maximum absolute atomic E-state index is 9.67. The molecule has 0 saturated heterocycles. The van der Waals surface area contributed by atoms with Crippen LogP contribution in [0.1, 0.15) is 18.7 Å². The molecular weight excluding hydrogens is 218 g/mol. The van der Waals surface area contributed by atoms with E-state index in [4.69, 9.17) is 4.74 Å². The Kier molecular flexibility index (Phi) is 4.53. The Balaban J connectivity index is 1.53. The molecule has 0 aromatic carbocycles. The fourth-order valence-corrected chi connectivity index (χ4v) is 1.63. The lowest BCUT2D eigenvalue weighted by Crippen LogP contribution is -2.31. The molecule has 1 heterocycles. The van der Waals surface area contributed by atoms with E-state index in [0.29, 0.717) is 19.7 Å². The molecule has 5 heteroatoms. The van der Waals surface area contributed by atoms with Gasteiger partial charge in [0, 0.05) is 32.6 Å². The van der Waals surface area contributed by atoms with Gasteiger partial charge in [0.05, 0.1) is 19.3 Å². The highest BCUT2D eigenvalue weighted by molar-refractivity contribution is 4.90. The van der Waals surface area contributed by atoms with Crippen molar-refractivity contribution in [3.05, 3.63) is 18.2 Å². The van der Waals surface area contributed by atoms with Gasteiger partial charge in [0.15, 0.2) is 0 Å². The minimum absolute atomic E-state index is 0.421. The van der Waals surface area contributed by atoms with Crippen LogP contribution in [0.2, 0.25) is 0 Å². The summed E-state index contributed by atoms with van der Waals surface area (Å²) in [5.41, 5.74) is 0. The van der Waals surface area contributed by atoms with Crippen molar-refractivity contribution in [3.63, 3.8) is 0 Å². The Labute approximate surface area is 102 Å². The van der Waals surface area contributed by atoms with E-state index >= 15 is 0 Å². The number of hydrogen-bond acceptors (Lipinski definition) is 4. The number of aliphatic hydroxyl groups is 1. The molecule has 1 aliphatic carbocycles. The molecule has 0 spiro atoms. The van der Waals surface area contributed by atoms with Gasteiger partial charge < -0.3 is 19.7 Å². The summed E-state index contributed by atoms with van der Waals surface area (Å²) < 4.78 is 7.38. The molecule has 0 bridgehead atoms. The molecule has 0 amide bonds. The molecule has 2 N–H and O–H groups in total. The Bertz CT molecular complexity index is 336. The van der Waals surface area contributed by atoms with E-state index in [1.165, 1.54) is 12.8 Å². The number of aliphatic hydroxyl groups excluding tert-OH is 1. The van der Waals surface area contributed by atoms with Gasteiger partial charge in [-0.15, -0.1) is 0 Å². The van der Waals surface area contributed by atoms with Gasteiger partial charge in [-0.1, -0.05) is 0 Å². The van der Waals surface area contributed by atoms with E-state index in [9.17, 15) is 5.11 Å². The average molecular weight is 239 g/mol. The minimum Gasteiger partial charge on any atom is -0.389 e. The van der Waals surface area contributed by atoms with Crippen LogP contribution in [-0.2, 0) is 18.3 Å². The van der Waals surface area contributed by atoms with E-state index in [1.54, 1.807) is 6.20 Å². The SMILES string of the molecule is Cn1ccnc1CNCC(O)COCC1CC1. The summed E-state index contributed by atoms with van der Waals surface area (Å²) in [6, 6.07) is 0. The highest BCUT2D eigenvalue weighted by Gasteiger charge is 2.21. The van der Waals surface area contributed by atoms with Crippen LogP contribution in [0.4, 0.5) is 0 Å². The predicted molar refractivity (Wildman–Crippen MR) is 64.5 cm³/mol. The smallest absolute Gasteiger partial charge is 0.122 e. The van der Waals surface area contributed by atoms with Gasteiger partial charge in [0.1, 0.15) is 5.82 Å². The van der Waals surface area contributed by atoms with Gasteiger partial charge in [-0.25, -0.2) is 4.98 Å². The fraction of sp³-hybridized carbons (Fsp3) is 0.750. The first kappa shape index (κ1) is 12.5. The Morgan fingerprint density at radius 2 is 2.47 bits per heavy atom. The number of ether oxygens (including phenoxy) is 1. The van der Waals surface area contributed by atoms with Crippen LogP contribution in [0.25, 0.3) is 0 Å². The van der Waals surface area contributed by atoms with Gasteiger partial charge >= 0.3 is 0 Å². The van der Waals surface area contributed by atoms with Gasteiger partial charge in [0.2, 0.25) is 0 Å². The summed E-state index contributed by atoms with van der Waals surface area (Å²) in [7, 11) is 1.96. The lowest BCUT2D eigenvalue weighted by molar-refractivity contribution is 0.0323. The van der Waals surface area contributed by atoms with Crippen molar-refractivity contribution in [2.24, 2.45) is 13.0 Å². The molecule has 0 aliphatic heterocycles. The molecule has 17 heavy (non-hydrogen) atoms.